The van der Waals surface area contributed by atoms with Gasteiger partial charge < -0.3 is 4.84 Å². The number of oxime groups is 1. The molecule has 0 N–H and O–H groups in total. The maximum absolute atomic E-state index is 5.15. The van der Waals surface area contributed by atoms with Crippen molar-refractivity contribution in [3.05, 3.63) is 30.1 Å². The highest BCUT2D eigenvalue weighted by atomic mass is 79.9. The van der Waals surface area contributed by atoms with Crippen LogP contribution < -0.4 is 0 Å². The Balaban J connectivity index is 2.14. The summed E-state index contributed by atoms with van der Waals surface area (Å²) in [6.07, 6.45) is 4.37. The lowest BCUT2D eigenvalue weighted by atomic mass is 10.1. The highest BCUT2D eigenvalue weighted by Gasteiger charge is 2.20. The lowest BCUT2D eigenvalue weighted by molar-refractivity contribution is 0.0855. The van der Waals surface area contributed by atoms with E-state index >= 15 is 0 Å². The second-order valence-electron chi connectivity index (χ2n) is 2.55. The standard InChI is InChI=1S/C8H7BrN2O/c9-8-4-7(12-11-8)6-2-1-3-10-5-6/h1-3,5,7H,4H2/t7-/m1/s1. The number of aromatic nitrogens is 1. The highest BCUT2D eigenvalue weighted by molar-refractivity contribution is 9.18. The zero-order valence-corrected chi connectivity index (χ0v) is 7.86. The number of nitrogens with zero attached hydrogens (tertiary/aromatic N) is 2. The molecule has 0 radical (unpaired) electrons. The quantitative estimate of drug-likeness (QED) is 0.737. The van der Waals surface area contributed by atoms with E-state index in [0.717, 1.165) is 16.6 Å². The molecule has 1 aromatic rings. The highest BCUT2D eigenvalue weighted by Crippen LogP contribution is 2.27. The Labute approximate surface area is 78.6 Å². The number of rotatable bonds is 1. The summed E-state index contributed by atoms with van der Waals surface area (Å²) >= 11 is 3.28. The number of hydrogen-bond donors (Lipinski definition) is 0. The summed E-state index contributed by atoms with van der Waals surface area (Å²) < 4.78 is 0.858. The summed E-state index contributed by atoms with van der Waals surface area (Å²) in [6.45, 7) is 0. The second-order valence-corrected chi connectivity index (χ2v) is 3.47. The van der Waals surface area contributed by atoms with E-state index in [2.05, 4.69) is 26.1 Å². The minimum absolute atomic E-state index is 0.0353. The van der Waals surface area contributed by atoms with E-state index < -0.39 is 0 Å². The van der Waals surface area contributed by atoms with Crippen LogP contribution in [-0.2, 0) is 4.84 Å². The molecule has 12 heavy (non-hydrogen) atoms. The van der Waals surface area contributed by atoms with Crippen molar-refractivity contribution in [2.75, 3.05) is 0 Å². The molecule has 3 nitrogen and oxygen atoms in total. The van der Waals surface area contributed by atoms with Crippen molar-refractivity contribution in [2.45, 2.75) is 12.5 Å². The van der Waals surface area contributed by atoms with E-state index in [1.165, 1.54) is 0 Å². The van der Waals surface area contributed by atoms with Gasteiger partial charge in [-0.2, -0.15) is 0 Å². The molecule has 1 aliphatic heterocycles. The van der Waals surface area contributed by atoms with E-state index in [-0.39, 0.29) is 6.10 Å². The van der Waals surface area contributed by atoms with Crippen LogP contribution in [0.4, 0.5) is 0 Å². The molecule has 0 bridgehead atoms. The molecule has 0 spiro atoms. The van der Waals surface area contributed by atoms with E-state index in [9.17, 15) is 0 Å². The van der Waals surface area contributed by atoms with Gasteiger partial charge in [0.25, 0.3) is 0 Å². The SMILES string of the molecule is BrC1=NO[C@@H](c2cccnc2)C1. The van der Waals surface area contributed by atoms with Crippen LogP contribution in [0.1, 0.15) is 18.1 Å². The van der Waals surface area contributed by atoms with E-state index in [4.69, 9.17) is 4.84 Å². The fraction of sp³-hybridized carbons (Fsp3) is 0.250. The molecule has 0 saturated carbocycles. The molecular formula is C8H7BrN2O. The molecule has 4 heteroatoms. The summed E-state index contributed by atoms with van der Waals surface area (Å²) in [5, 5.41) is 3.80. The van der Waals surface area contributed by atoms with Crippen molar-refractivity contribution >= 4 is 20.6 Å². The molecule has 1 aliphatic rings. The monoisotopic (exact) mass is 226 g/mol. The molecule has 1 aromatic heterocycles. The first-order valence-corrected chi connectivity index (χ1v) is 4.43. The Morgan fingerprint density at radius 1 is 1.58 bits per heavy atom. The maximum Gasteiger partial charge on any atom is 0.160 e. The molecule has 0 aliphatic carbocycles. The molecule has 0 aromatic carbocycles. The molecule has 2 rings (SSSR count). The van der Waals surface area contributed by atoms with Crippen molar-refractivity contribution in [1.82, 2.24) is 4.98 Å². The zero-order chi connectivity index (χ0) is 8.39. The molecule has 0 unspecified atom stereocenters. The van der Waals surface area contributed by atoms with Crippen molar-refractivity contribution in [2.24, 2.45) is 5.16 Å². The summed E-state index contributed by atoms with van der Waals surface area (Å²) in [4.78, 5) is 9.16. The molecule has 0 saturated heterocycles. The molecule has 0 fully saturated rings. The third kappa shape index (κ3) is 1.48. The Morgan fingerprint density at radius 2 is 2.50 bits per heavy atom. The summed E-state index contributed by atoms with van der Waals surface area (Å²) in [5.41, 5.74) is 1.07. The second kappa shape index (κ2) is 3.23. The van der Waals surface area contributed by atoms with Crippen LogP contribution in [0, 0.1) is 0 Å². The van der Waals surface area contributed by atoms with Crippen molar-refractivity contribution in [3.63, 3.8) is 0 Å². The lowest BCUT2D eigenvalue weighted by Crippen LogP contribution is -1.96. The predicted octanol–water partition coefficient (Wildman–Crippen LogP) is 2.25. The Bertz CT molecular complexity index is 299. The normalized spacial score (nSPS) is 21.8. The van der Waals surface area contributed by atoms with Gasteiger partial charge in [-0.25, -0.2) is 0 Å². The van der Waals surface area contributed by atoms with Gasteiger partial charge in [-0.05, 0) is 22.0 Å². The van der Waals surface area contributed by atoms with Gasteiger partial charge in [0, 0.05) is 24.4 Å². The van der Waals surface area contributed by atoms with Crippen LogP contribution in [0.25, 0.3) is 0 Å². The van der Waals surface area contributed by atoms with Crippen LogP contribution >= 0.6 is 15.9 Å². The van der Waals surface area contributed by atoms with Crippen LogP contribution in [0.2, 0.25) is 0 Å². The molecular weight excluding hydrogens is 220 g/mol. The zero-order valence-electron chi connectivity index (χ0n) is 6.27. The van der Waals surface area contributed by atoms with Gasteiger partial charge in [0.1, 0.15) is 4.62 Å². The van der Waals surface area contributed by atoms with E-state index in [1.54, 1.807) is 12.4 Å². The Morgan fingerprint density at radius 3 is 3.08 bits per heavy atom. The molecule has 62 valence electrons. The fourth-order valence-electron chi connectivity index (χ4n) is 1.09. The van der Waals surface area contributed by atoms with E-state index in [0.29, 0.717) is 0 Å². The summed E-state index contributed by atoms with van der Waals surface area (Å²) in [7, 11) is 0. The third-order valence-electron chi connectivity index (χ3n) is 1.69. The van der Waals surface area contributed by atoms with Gasteiger partial charge in [-0.1, -0.05) is 11.2 Å². The fourth-order valence-corrected chi connectivity index (χ4v) is 1.47. The molecule has 2 heterocycles. The maximum atomic E-state index is 5.15. The van der Waals surface area contributed by atoms with Crippen LogP contribution in [0.5, 0.6) is 0 Å². The van der Waals surface area contributed by atoms with Crippen molar-refractivity contribution in [3.8, 4) is 0 Å². The van der Waals surface area contributed by atoms with Gasteiger partial charge in [0.2, 0.25) is 0 Å². The number of hydrogen-bond acceptors (Lipinski definition) is 3. The smallest absolute Gasteiger partial charge is 0.160 e. The first kappa shape index (κ1) is 7.73. The third-order valence-corrected chi connectivity index (χ3v) is 2.16. The largest absolute Gasteiger partial charge is 0.386 e. The lowest BCUT2D eigenvalue weighted by Gasteiger charge is -2.05. The number of pyridine rings is 1. The average Bonchev–Trinajstić information content (AvgIpc) is 2.54. The number of halogens is 1. The minimum Gasteiger partial charge on any atom is -0.386 e. The predicted molar refractivity (Wildman–Crippen MR) is 49.0 cm³/mol. The van der Waals surface area contributed by atoms with Gasteiger partial charge in [-0.3, -0.25) is 4.98 Å². The van der Waals surface area contributed by atoms with Crippen LogP contribution in [-0.4, -0.2) is 9.60 Å². The molecule has 1 atom stereocenters. The van der Waals surface area contributed by atoms with Gasteiger partial charge >= 0.3 is 0 Å². The topological polar surface area (TPSA) is 34.5 Å². The first-order chi connectivity index (χ1) is 5.86. The average molecular weight is 227 g/mol. The van der Waals surface area contributed by atoms with Crippen LogP contribution in [0.15, 0.2) is 29.7 Å². The summed E-state index contributed by atoms with van der Waals surface area (Å²) in [5.74, 6) is 0. The minimum atomic E-state index is 0.0353. The van der Waals surface area contributed by atoms with Gasteiger partial charge in [-0.15, -0.1) is 0 Å². The summed E-state index contributed by atoms with van der Waals surface area (Å²) in [6, 6.07) is 3.88. The van der Waals surface area contributed by atoms with Gasteiger partial charge in [0.15, 0.2) is 6.10 Å². The molecule has 0 amide bonds. The van der Waals surface area contributed by atoms with Gasteiger partial charge in [0.05, 0.1) is 0 Å². The first-order valence-electron chi connectivity index (χ1n) is 3.64. The van der Waals surface area contributed by atoms with Crippen LogP contribution in [0.3, 0.4) is 0 Å². The van der Waals surface area contributed by atoms with Crippen molar-refractivity contribution in [1.29, 1.82) is 0 Å². The Hall–Kier alpha value is -0.900. The van der Waals surface area contributed by atoms with Crippen molar-refractivity contribution < 1.29 is 4.84 Å². The Kier molecular flexibility index (Phi) is 2.08. The van der Waals surface area contributed by atoms with E-state index in [1.807, 2.05) is 12.1 Å².